The van der Waals surface area contributed by atoms with Gasteiger partial charge in [0.25, 0.3) is 5.91 Å². The fourth-order valence-electron chi connectivity index (χ4n) is 3.85. The van der Waals surface area contributed by atoms with Crippen LogP contribution < -0.4 is 15.1 Å². The molecule has 2 aliphatic heterocycles. The Morgan fingerprint density at radius 1 is 0.900 bits per heavy atom. The summed E-state index contributed by atoms with van der Waals surface area (Å²) in [6.45, 7) is 3.43. The maximum absolute atomic E-state index is 12.5. The van der Waals surface area contributed by atoms with Gasteiger partial charge in [-0.2, -0.15) is 0 Å². The van der Waals surface area contributed by atoms with Crippen LogP contribution in [0.1, 0.15) is 23.2 Å². The summed E-state index contributed by atoms with van der Waals surface area (Å²) in [5.74, 6) is -0.267. The van der Waals surface area contributed by atoms with Crippen molar-refractivity contribution in [2.45, 2.75) is 12.8 Å². The van der Waals surface area contributed by atoms with Crippen LogP contribution in [0, 0.1) is 0 Å². The molecule has 0 spiro atoms. The summed E-state index contributed by atoms with van der Waals surface area (Å²) in [6, 6.07) is 10.9. The second-order valence-corrected chi connectivity index (χ2v) is 7.45. The second kappa shape index (κ2) is 8.94. The van der Waals surface area contributed by atoms with E-state index in [-0.39, 0.29) is 24.3 Å². The number of piperazine rings is 1. The van der Waals surface area contributed by atoms with Crippen molar-refractivity contribution in [3.63, 3.8) is 0 Å². The molecule has 0 unspecified atom stereocenters. The quantitative estimate of drug-likeness (QED) is 0.807. The fourth-order valence-corrected chi connectivity index (χ4v) is 3.85. The molecule has 3 amide bonds. The van der Waals surface area contributed by atoms with Crippen LogP contribution in [0.3, 0.4) is 0 Å². The van der Waals surface area contributed by atoms with Gasteiger partial charge in [-0.25, -0.2) is 0 Å². The van der Waals surface area contributed by atoms with E-state index in [9.17, 15) is 14.4 Å². The first kappa shape index (κ1) is 19.9. The first-order chi connectivity index (χ1) is 14.6. The van der Waals surface area contributed by atoms with Gasteiger partial charge in [-0.05, 0) is 42.8 Å². The van der Waals surface area contributed by atoms with E-state index in [1.807, 2.05) is 12.1 Å². The normalized spacial score (nSPS) is 16.7. The molecule has 0 bridgehead atoms. The molecule has 2 aromatic rings. The molecule has 1 N–H and O–H groups in total. The molecule has 2 saturated heterocycles. The van der Waals surface area contributed by atoms with Crippen LogP contribution in [0.4, 0.5) is 11.4 Å². The number of pyridine rings is 1. The Balaban J connectivity index is 1.25. The van der Waals surface area contributed by atoms with Crippen molar-refractivity contribution in [1.29, 1.82) is 0 Å². The lowest BCUT2D eigenvalue weighted by molar-refractivity contribution is -0.130. The number of hydrogen-bond acceptors (Lipinski definition) is 5. The lowest BCUT2D eigenvalue weighted by Crippen LogP contribution is -2.51. The van der Waals surface area contributed by atoms with Crippen LogP contribution in [0.15, 0.2) is 48.8 Å². The summed E-state index contributed by atoms with van der Waals surface area (Å²) >= 11 is 0. The SMILES string of the molecule is O=C(NCC(=O)N1CCN(c2ccncc2)CC1)c1ccc(N2CCCC2=O)cc1. The minimum atomic E-state index is -0.293. The molecule has 2 aliphatic rings. The summed E-state index contributed by atoms with van der Waals surface area (Å²) < 4.78 is 0. The Bertz CT molecular complexity index is 908. The van der Waals surface area contributed by atoms with Gasteiger partial charge < -0.3 is 20.0 Å². The van der Waals surface area contributed by atoms with Crippen molar-refractivity contribution in [2.24, 2.45) is 0 Å². The molecule has 4 rings (SSSR count). The molecule has 30 heavy (non-hydrogen) atoms. The number of hydrogen-bond donors (Lipinski definition) is 1. The Labute approximate surface area is 175 Å². The Morgan fingerprint density at radius 2 is 1.60 bits per heavy atom. The van der Waals surface area contributed by atoms with Crippen molar-refractivity contribution >= 4 is 29.1 Å². The number of carbonyl (C=O) groups excluding carboxylic acids is 3. The molecule has 0 atom stereocenters. The van der Waals surface area contributed by atoms with E-state index in [0.717, 1.165) is 30.9 Å². The van der Waals surface area contributed by atoms with E-state index >= 15 is 0 Å². The summed E-state index contributed by atoms with van der Waals surface area (Å²) in [7, 11) is 0. The minimum Gasteiger partial charge on any atom is -0.368 e. The van der Waals surface area contributed by atoms with Crippen LogP contribution >= 0.6 is 0 Å². The molecule has 0 radical (unpaired) electrons. The molecule has 0 aliphatic carbocycles. The van der Waals surface area contributed by atoms with Crippen LogP contribution in [-0.4, -0.2) is 66.9 Å². The van der Waals surface area contributed by atoms with Crippen LogP contribution in [0.5, 0.6) is 0 Å². The minimum absolute atomic E-state index is 0.0273. The number of rotatable bonds is 5. The summed E-state index contributed by atoms with van der Waals surface area (Å²) in [5, 5.41) is 2.70. The highest BCUT2D eigenvalue weighted by molar-refractivity contribution is 5.98. The van der Waals surface area contributed by atoms with E-state index in [2.05, 4.69) is 15.2 Å². The Kier molecular flexibility index (Phi) is 5.92. The largest absolute Gasteiger partial charge is 0.368 e. The monoisotopic (exact) mass is 407 g/mol. The number of aromatic nitrogens is 1. The van der Waals surface area contributed by atoms with Crippen molar-refractivity contribution in [3.8, 4) is 0 Å². The average Bonchev–Trinajstić information content (AvgIpc) is 3.24. The lowest BCUT2D eigenvalue weighted by Gasteiger charge is -2.36. The maximum atomic E-state index is 12.5. The van der Waals surface area contributed by atoms with Crippen LogP contribution in [-0.2, 0) is 9.59 Å². The van der Waals surface area contributed by atoms with Gasteiger partial charge in [0.15, 0.2) is 0 Å². The van der Waals surface area contributed by atoms with Gasteiger partial charge in [0.05, 0.1) is 6.54 Å². The topological polar surface area (TPSA) is 85.8 Å². The number of nitrogens with zero attached hydrogens (tertiary/aromatic N) is 4. The summed E-state index contributed by atoms with van der Waals surface area (Å²) in [6.07, 6.45) is 4.96. The Morgan fingerprint density at radius 3 is 2.23 bits per heavy atom. The first-order valence-electron chi connectivity index (χ1n) is 10.2. The van der Waals surface area contributed by atoms with Gasteiger partial charge in [-0.1, -0.05) is 0 Å². The van der Waals surface area contributed by atoms with Crippen LogP contribution in [0.25, 0.3) is 0 Å². The number of amides is 3. The summed E-state index contributed by atoms with van der Waals surface area (Å²) in [5.41, 5.74) is 2.38. The van der Waals surface area contributed by atoms with Crippen molar-refractivity contribution in [3.05, 3.63) is 54.4 Å². The second-order valence-electron chi connectivity index (χ2n) is 7.45. The molecular formula is C22H25N5O3. The van der Waals surface area contributed by atoms with E-state index < -0.39 is 0 Å². The van der Waals surface area contributed by atoms with Gasteiger partial charge in [0, 0.05) is 68.5 Å². The zero-order chi connectivity index (χ0) is 20.9. The van der Waals surface area contributed by atoms with E-state index in [0.29, 0.717) is 31.6 Å². The Hall–Kier alpha value is -3.42. The van der Waals surface area contributed by atoms with Gasteiger partial charge in [0.2, 0.25) is 11.8 Å². The number of benzene rings is 1. The molecule has 0 saturated carbocycles. The van der Waals surface area contributed by atoms with Crippen molar-refractivity contribution in [2.75, 3.05) is 49.1 Å². The van der Waals surface area contributed by atoms with Gasteiger partial charge >= 0.3 is 0 Å². The van der Waals surface area contributed by atoms with E-state index in [1.54, 1.807) is 46.5 Å². The highest BCUT2D eigenvalue weighted by atomic mass is 16.2. The maximum Gasteiger partial charge on any atom is 0.251 e. The van der Waals surface area contributed by atoms with Gasteiger partial charge in [0.1, 0.15) is 0 Å². The molecule has 2 fully saturated rings. The van der Waals surface area contributed by atoms with Gasteiger partial charge in [-0.3, -0.25) is 19.4 Å². The number of anilines is 2. The fraction of sp³-hybridized carbons (Fsp3) is 0.364. The highest BCUT2D eigenvalue weighted by Crippen LogP contribution is 2.21. The third kappa shape index (κ3) is 4.42. The molecule has 1 aromatic carbocycles. The number of nitrogens with one attached hydrogen (secondary N) is 1. The highest BCUT2D eigenvalue weighted by Gasteiger charge is 2.23. The predicted molar refractivity (Wildman–Crippen MR) is 113 cm³/mol. The molecule has 3 heterocycles. The summed E-state index contributed by atoms with van der Waals surface area (Å²) in [4.78, 5) is 46.4. The van der Waals surface area contributed by atoms with Crippen LogP contribution in [0.2, 0.25) is 0 Å². The van der Waals surface area contributed by atoms with E-state index in [1.165, 1.54) is 0 Å². The molecule has 8 nitrogen and oxygen atoms in total. The van der Waals surface area contributed by atoms with E-state index in [4.69, 9.17) is 0 Å². The zero-order valence-electron chi connectivity index (χ0n) is 16.8. The first-order valence-corrected chi connectivity index (χ1v) is 10.2. The van der Waals surface area contributed by atoms with Crippen molar-refractivity contribution < 1.29 is 14.4 Å². The molecular weight excluding hydrogens is 382 g/mol. The third-order valence-corrected chi connectivity index (χ3v) is 5.58. The van der Waals surface area contributed by atoms with Crippen molar-refractivity contribution in [1.82, 2.24) is 15.2 Å². The third-order valence-electron chi connectivity index (χ3n) is 5.58. The predicted octanol–water partition coefficient (Wildman–Crippen LogP) is 1.29. The van der Waals surface area contributed by atoms with Gasteiger partial charge in [-0.15, -0.1) is 0 Å². The number of carbonyl (C=O) groups is 3. The standard InChI is InChI=1S/C22H25N5O3/c28-20-2-1-11-27(20)19-5-3-17(4-6-19)22(30)24-16-21(29)26-14-12-25(13-15-26)18-7-9-23-10-8-18/h3-10H,1-2,11-16H2,(H,24,30). The smallest absolute Gasteiger partial charge is 0.251 e. The zero-order valence-corrected chi connectivity index (χ0v) is 16.8. The lowest BCUT2D eigenvalue weighted by atomic mass is 10.2. The molecule has 1 aromatic heterocycles. The average molecular weight is 407 g/mol. The molecule has 8 heteroatoms. The molecule has 156 valence electrons.